The maximum Gasteiger partial charge on any atom is 0.183 e. The maximum atomic E-state index is 6.33. The van der Waals surface area contributed by atoms with Crippen LogP contribution in [0, 0.1) is 0 Å². The molecule has 0 saturated heterocycles. The third kappa shape index (κ3) is 3.05. The van der Waals surface area contributed by atoms with Crippen molar-refractivity contribution in [3.8, 4) is 5.75 Å². The molecule has 1 aliphatic heterocycles. The number of aliphatic imine (C=N–C) groups is 1. The van der Waals surface area contributed by atoms with Crippen LogP contribution in [-0.4, -0.2) is 26.2 Å². The summed E-state index contributed by atoms with van der Waals surface area (Å²) in [5, 5.41) is 1.29. The average molecular weight is 335 g/mol. The van der Waals surface area contributed by atoms with Gasteiger partial charge in [-0.3, -0.25) is 4.99 Å². The zero-order chi connectivity index (χ0) is 14.7. The zero-order valence-electron chi connectivity index (χ0n) is 11.0. The summed E-state index contributed by atoms with van der Waals surface area (Å²) >= 11 is 18.7. The van der Waals surface area contributed by atoms with Crippen molar-refractivity contribution in [2.45, 2.75) is 12.3 Å². The largest absolute Gasteiger partial charge is 0.488 e. The van der Waals surface area contributed by atoms with Gasteiger partial charge in [-0.1, -0.05) is 47.5 Å². The SMILES string of the molecule is C=CCOc1c(Cl)cc(Cl)c(Cl)c1C1CN=C(OC)C1. The van der Waals surface area contributed by atoms with Crippen molar-refractivity contribution in [2.75, 3.05) is 20.3 Å². The first-order chi connectivity index (χ1) is 9.58. The second-order valence-electron chi connectivity index (χ2n) is 4.34. The molecule has 0 saturated carbocycles. The predicted molar refractivity (Wildman–Crippen MR) is 83.8 cm³/mol. The Morgan fingerprint density at radius 3 is 2.75 bits per heavy atom. The minimum absolute atomic E-state index is 0.0495. The molecule has 1 aliphatic rings. The van der Waals surface area contributed by atoms with Crippen LogP contribution in [0.15, 0.2) is 23.7 Å². The molecule has 3 nitrogen and oxygen atoms in total. The highest BCUT2D eigenvalue weighted by atomic mass is 35.5. The molecule has 0 spiro atoms. The van der Waals surface area contributed by atoms with E-state index in [9.17, 15) is 0 Å². The summed E-state index contributed by atoms with van der Waals surface area (Å²) in [4.78, 5) is 4.31. The number of nitrogens with zero attached hydrogens (tertiary/aromatic N) is 1. The Morgan fingerprint density at radius 2 is 2.15 bits per heavy atom. The number of methoxy groups -OCH3 is 1. The molecule has 6 heteroatoms. The van der Waals surface area contributed by atoms with E-state index in [0.29, 0.717) is 46.3 Å². The van der Waals surface area contributed by atoms with E-state index in [1.165, 1.54) is 0 Å². The van der Waals surface area contributed by atoms with Gasteiger partial charge in [-0.2, -0.15) is 0 Å². The summed E-state index contributed by atoms with van der Waals surface area (Å²) in [6, 6.07) is 1.58. The first kappa shape index (κ1) is 15.5. The highest BCUT2D eigenvalue weighted by Gasteiger charge is 2.29. The Labute approximate surface area is 133 Å². The monoisotopic (exact) mass is 333 g/mol. The lowest BCUT2D eigenvalue weighted by Gasteiger charge is -2.19. The van der Waals surface area contributed by atoms with Crippen LogP contribution in [0.25, 0.3) is 0 Å². The van der Waals surface area contributed by atoms with Crippen molar-refractivity contribution in [1.29, 1.82) is 0 Å². The molecule has 0 aliphatic carbocycles. The molecule has 108 valence electrons. The van der Waals surface area contributed by atoms with Crippen molar-refractivity contribution in [2.24, 2.45) is 4.99 Å². The van der Waals surface area contributed by atoms with Crippen molar-refractivity contribution >= 4 is 40.7 Å². The normalized spacial score (nSPS) is 17.8. The summed E-state index contributed by atoms with van der Waals surface area (Å²) in [6.45, 7) is 4.54. The summed E-state index contributed by atoms with van der Waals surface area (Å²) in [6.07, 6.45) is 2.30. The van der Waals surface area contributed by atoms with E-state index < -0.39 is 0 Å². The number of rotatable bonds is 4. The molecule has 1 aromatic carbocycles. The maximum absolute atomic E-state index is 6.33. The lowest BCUT2D eigenvalue weighted by Crippen LogP contribution is -2.07. The molecule has 0 amide bonds. The van der Waals surface area contributed by atoms with Crippen LogP contribution in [0.2, 0.25) is 15.1 Å². The highest BCUT2D eigenvalue weighted by molar-refractivity contribution is 6.44. The average Bonchev–Trinajstić information content (AvgIpc) is 2.89. The number of hydrogen-bond donors (Lipinski definition) is 0. The third-order valence-electron chi connectivity index (χ3n) is 3.06. The quantitative estimate of drug-likeness (QED) is 0.588. The smallest absolute Gasteiger partial charge is 0.183 e. The van der Waals surface area contributed by atoms with Gasteiger partial charge in [0.1, 0.15) is 12.4 Å². The van der Waals surface area contributed by atoms with Crippen LogP contribution in [0.1, 0.15) is 17.9 Å². The van der Waals surface area contributed by atoms with Crippen molar-refractivity contribution in [3.63, 3.8) is 0 Å². The molecule has 1 atom stereocenters. The van der Waals surface area contributed by atoms with Crippen LogP contribution in [0.4, 0.5) is 0 Å². The van der Waals surface area contributed by atoms with Gasteiger partial charge in [0.25, 0.3) is 0 Å². The summed E-state index contributed by atoms with van der Waals surface area (Å²) in [5.41, 5.74) is 0.779. The number of benzene rings is 1. The van der Waals surface area contributed by atoms with Gasteiger partial charge in [0, 0.05) is 17.9 Å². The van der Waals surface area contributed by atoms with E-state index >= 15 is 0 Å². The molecule has 0 fully saturated rings. The fraction of sp³-hybridized carbons (Fsp3) is 0.357. The van der Waals surface area contributed by atoms with Crippen LogP contribution < -0.4 is 4.74 Å². The summed E-state index contributed by atoms with van der Waals surface area (Å²) in [5.74, 6) is 1.28. The second kappa shape index (κ2) is 6.70. The zero-order valence-corrected chi connectivity index (χ0v) is 13.2. The molecule has 1 unspecified atom stereocenters. The van der Waals surface area contributed by atoms with Gasteiger partial charge in [-0.15, -0.1) is 0 Å². The lowest BCUT2D eigenvalue weighted by molar-refractivity contribution is 0.356. The first-order valence-corrected chi connectivity index (χ1v) is 7.20. The molecule has 0 aromatic heterocycles. The Bertz CT molecular complexity index is 558. The Kier molecular flexibility index (Phi) is 5.19. The van der Waals surface area contributed by atoms with Gasteiger partial charge in [0.15, 0.2) is 5.90 Å². The van der Waals surface area contributed by atoms with Gasteiger partial charge >= 0.3 is 0 Å². The third-order valence-corrected chi connectivity index (χ3v) is 4.14. The van der Waals surface area contributed by atoms with Gasteiger partial charge < -0.3 is 9.47 Å². The fourth-order valence-corrected chi connectivity index (χ4v) is 2.97. The van der Waals surface area contributed by atoms with Crippen LogP contribution in [-0.2, 0) is 4.74 Å². The Morgan fingerprint density at radius 1 is 1.40 bits per heavy atom. The van der Waals surface area contributed by atoms with Crippen molar-refractivity contribution in [3.05, 3.63) is 39.4 Å². The molecular weight excluding hydrogens is 321 g/mol. The Balaban J connectivity index is 2.41. The van der Waals surface area contributed by atoms with Crippen molar-refractivity contribution < 1.29 is 9.47 Å². The van der Waals surface area contributed by atoms with E-state index in [0.717, 1.165) is 5.56 Å². The molecule has 0 radical (unpaired) electrons. The van der Waals surface area contributed by atoms with Gasteiger partial charge in [-0.05, 0) is 6.07 Å². The van der Waals surface area contributed by atoms with E-state index in [-0.39, 0.29) is 5.92 Å². The number of halogens is 3. The Hall–Kier alpha value is -0.900. The van der Waals surface area contributed by atoms with Crippen molar-refractivity contribution in [1.82, 2.24) is 0 Å². The first-order valence-electron chi connectivity index (χ1n) is 6.06. The highest BCUT2D eigenvalue weighted by Crippen LogP contribution is 2.45. The fourth-order valence-electron chi connectivity index (χ4n) is 2.14. The van der Waals surface area contributed by atoms with E-state index in [1.54, 1.807) is 19.3 Å². The van der Waals surface area contributed by atoms with E-state index in [4.69, 9.17) is 44.3 Å². The van der Waals surface area contributed by atoms with Gasteiger partial charge in [0.05, 0.1) is 28.7 Å². The van der Waals surface area contributed by atoms with Crippen LogP contribution >= 0.6 is 34.8 Å². The molecular formula is C14H14Cl3NO2. The lowest BCUT2D eigenvalue weighted by atomic mass is 9.96. The minimum atomic E-state index is 0.0495. The molecule has 1 heterocycles. The molecule has 0 bridgehead atoms. The molecule has 1 aromatic rings. The molecule has 0 N–H and O–H groups in total. The minimum Gasteiger partial charge on any atom is -0.488 e. The summed E-state index contributed by atoms with van der Waals surface area (Å²) < 4.78 is 10.8. The van der Waals surface area contributed by atoms with E-state index in [1.807, 2.05) is 0 Å². The van der Waals surface area contributed by atoms with E-state index in [2.05, 4.69) is 11.6 Å². The van der Waals surface area contributed by atoms with Gasteiger partial charge in [0.2, 0.25) is 0 Å². The number of ether oxygens (including phenoxy) is 2. The molecule has 2 rings (SSSR count). The number of hydrogen-bond acceptors (Lipinski definition) is 3. The topological polar surface area (TPSA) is 30.8 Å². The predicted octanol–water partition coefficient (Wildman–Crippen LogP) is 4.74. The standard InChI is InChI=1S/C14H14Cl3NO2/c1-3-4-20-14-10(16)6-9(15)13(17)12(14)8-5-11(19-2)18-7-8/h3,6,8H,1,4-5,7H2,2H3. The summed E-state index contributed by atoms with van der Waals surface area (Å²) in [7, 11) is 1.60. The van der Waals surface area contributed by atoms with Gasteiger partial charge in [-0.25, -0.2) is 0 Å². The second-order valence-corrected chi connectivity index (χ2v) is 5.53. The van der Waals surface area contributed by atoms with Crippen LogP contribution in [0.5, 0.6) is 5.75 Å². The molecule has 20 heavy (non-hydrogen) atoms. The van der Waals surface area contributed by atoms with Crippen LogP contribution in [0.3, 0.4) is 0 Å².